The number of hydrogen-bond donors (Lipinski definition) is 0. The summed E-state index contributed by atoms with van der Waals surface area (Å²) in [6, 6.07) is 0. The van der Waals surface area contributed by atoms with Crippen molar-refractivity contribution in [3.05, 3.63) is 0 Å². The van der Waals surface area contributed by atoms with Crippen molar-refractivity contribution in [2.45, 2.75) is 39.2 Å². The Labute approximate surface area is 94.3 Å². The molecule has 0 aliphatic rings. The molecule has 0 aliphatic carbocycles. The summed E-state index contributed by atoms with van der Waals surface area (Å²) in [5.74, 6) is 0. The third kappa shape index (κ3) is 5.73. The van der Waals surface area contributed by atoms with E-state index >= 15 is 0 Å². The van der Waals surface area contributed by atoms with Crippen LogP contribution in [0.1, 0.15) is 33.6 Å². The van der Waals surface area contributed by atoms with E-state index < -0.39 is 5.60 Å². The molecule has 1 nitrogen and oxygen atoms in total. The van der Waals surface area contributed by atoms with E-state index in [1.807, 2.05) is 13.8 Å². The van der Waals surface area contributed by atoms with Crippen LogP contribution in [-0.2, 0) is 0 Å². The van der Waals surface area contributed by atoms with E-state index in [0.717, 1.165) is 12.8 Å². The SMILES string of the molecule is CCC(C)([O-])CC.[K+]. The van der Waals surface area contributed by atoms with Crippen LogP contribution in [0.3, 0.4) is 0 Å². The van der Waals surface area contributed by atoms with Crippen LogP contribution >= 0.6 is 0 Å². The molecule has 0 atom stereocenters. The van der Waals surface area contributed by atoms with Crippen molar-refractivity contribution in [1.82, 2.24) is 0 Å². The molecule has 0 amide bonds. The molecule has 0 radical (unpaired) electrons. The fourth-order valence-electron chi connectivity index (χ4n) is 0.250. The molecule has 0 bridgehead atoms. The molecule has 0 saturated heterocycles. The maximum Gasteiger partial charge on any atom is 1.00 e. The summed E-state index contributed by atoms with van der Waals surface area (Å²) in [4.78, 5) is 0. The van der Waals surface area contributed by atoms with Gasteiger partial charge in [-0.3, -0.25) is 0 Å². The van der Waals surface area contributed by atoms with Gasteiger partial charge in [-0.2, -0.15) is 0 Å². The second-order valence-electron chi connectivity index (χ2n) is 2.16. The zero-order valence-corrected chi connectivity index (χ0v) is 9.45. The summed E-state index contributed by atoms with van der Waals surface area (Å²) in [5.41, 5.74) is -0.667. The molecule has 0 rings (SSSR count). The first kappa shape index (κ1) is 12.3. The Morgan fingerprint density at radius 3 is 1.50 bits per heavy atom. The van der Waals surface area contributed by atoms with Crippen molar-refractivity contribution in [2.75, 3.05) is 0 Å². The van der Waals surface area contributed by atoms with Crippen molar-refractivity contribution < 1.29 is 56.5 Å². The van der Waals surface area contributed by atoms with Gasteiger partial charge in [-0.1, -0.05) is 33.6 Å². The average Bonchev–Trinajstić information content (AvgIpc) is 1.68. The topological polar surface area (TPSA) is 23.1 Å². The third-order valence-corrected chi connectivity index (χ3v) is 1.50. The van der Waals surface area contributed by atoms with E-state index in [9.17, 15) is 5.11 Å². The monoisotopic (exact) mass is 140 g/mol. The van der Waals surface area contributed by atoms with Gasteiger partial charge < -0.3 is 5.11 Å². The van der Waals surface area contributed by atoms with Crippen LogP contribution in [-0.4, -0.2) is 5.60 Å². The largest absolute Gasteiger partial charge is 1.00 e. The van der Waals surface area contributed by atoms with E-state index in [1.165, 1.54) is 0 Å². The Morgan fingerprint density at radius 1 is 1.25 bits per heavy atom. The van der Waals surface area contributed by atoms with Crippen LogP contribution in [0.4, 0.5) is 0 Å². The summed E-state index contributed by atoms with van der Waals surface area (Å²) in [7, 11) is 0. The van der Waals surface area contributed by atoms with Gasteiger partial charge in [0, 0.05) is 0 Å². The summed E-state index contributed by atoms with van der Waals surface area (Å²) >= 11 is 0. The van der Waals surface area contributed by atoms with Crippen molar-refractivity contribution in [1.29, 1.82) is 0 Å². The van der Waals surface area contributed by atoms with E-state index in [0.29, 0.717) is 0 Å². The Bertz CT molecular complexity index is 46.5. The summed E-state index contributed by atoms with van der Waals surface area (Å²) in [5, 5.41) is 10.8. The smallest absolute Gasteiger partial charge is 0.850 e. The first-order chi connectivity index (χ1) is 3.12. The van der Waals surface area contributed by atoms with Crippen LogP contribution in [0.25, 0.3) is 0 Å². The Balaban J connectivity index is 0. The van der Waals surface area contributed by atoms with Gasteiger partial charge in [0.25, 0.3) is 0 Å². The third-order valence-electron chi connectivity index (χ3n) is 1.50. The fourth-order valence-corrected chi connectivity index (χ4v) is 0.250. The average molecular weight is 140 g/mol. The zero-order valence-electron chi connectivity index (χ0n) is 6.32. The van der Waals surface area contributed by atoms with Crippen LogP contribution in [0.5, 0.6) is 0 Å². The maximum atomic E-state index is 10.8. The zero-order chi connectivity index (χ0) is 5.91. The molecule has 0 aromatic heterocycles. The van der Waals surface area contributed by atoms with E-state index in [4.69, 9.17) is 0 Å². The first-order valence-electron chi connectivity index (χ1n) is 2.83. The minimum absolute atomic E-state index is 0. The summed E-state index contributed by atoms with van der Waals surface area (Å²) in [6.45, 7) is 5.60. The maximum absolute atomic E-state index is 10.8. The number of hydrogen-bond acceptors (Lipinski definition) is 1. The molecule has 2 heteroatoms. The van der Waals surface area contributed by atoms with Gasteiger partial charge in [0.1, 0.15) is 0 Å². The summed E-state index contributed by atoms with van der Waals surface area (Å²) < 4.78 is 0. The molecule has 0 fully saturated rings. The molecule has 0 unspecified atom stereocenters. The van der Waals surface area contributed by atoms with Crippen LogP contribution < -0.4 is 56.5 Å². The van der Waals surface area contributed by atoms with E-state index in [1.54, 1.807) is 6.92 Å². The van der Waals surface area contributed by atoms with Gasteiger partial charge in [-0.05, 0) is 0 Å². The Hall–Kier alpha value is 1.60. The standard InChI is InChI=1S/C6H13O.K/c1-4-6(3,7)5-2;/h4-5H2,1-3H3;/q-1;+1. The molecule has 0 aliphatic heterocycles. The Morgan fingerprint density at radius 2 is 1.50 bits per heavy atom. The fraction of sp³-hybridized carbons (Fsp3) is 1.00. The molecule has 0 heterocycles. The molecule has 0 aromatic carbocycles. The van der Waals surface area contributed by atoms with Crippen LogP contribution in [0.2, 0.25) is 0 Å². The van der Waals surface area contributed by atoms with Crippen LogP contribution in [0, 0.1) is 0 Å². The minimum Gasteiger partial charge on any atom is -0.850 e. The molecule has 0 N–H and O–H groups in total. The van der Waals surface area contributed by atoms with Crippen molar-refractivity contribution in [2.24, 2.45) is 0 Å². The normalized spacial score (nSPS) is 10.5. The van der Waals surface area contributed by atoms with Gasteiger partial charge >= 0.3 is 51.4 Å². The van der Waals surface area contributed by atoms with Gasteiger partial charge in [0.15, 0.2) is 0 Å². The van der Waals surface area contributed by atoms with Gasteiger partial charge in [-0.15, -0.1) is 5.60 Å². The first-order valence-corrected chi connectivity index (χ1v) is 2.83. The van der Waals surface area contributed by atoms with E-state index in [2.05, 4.69) is 0 Å². The quantitative estimate of drug-likeness (QED) is 0.404. The summed E-state index contributed by atoms with van der Waals surface area (Å²) in [6.07, 6.45) is 1.48. The molecular formula is C6H13KO. The van der Waals surface area contributed by atoms with E-state index in [-0.39, 0.29) is 51.4 Å². The predicted octanol–water partition coefficient (Wildman–Crippen LogP) is -2.07. The van der Waals surface area contributed by atoms with Gasteiger partial charge in [0.05, 0.1) is 0 Å². The predicted molar refractivity (Wildman–Crippen MR) is 29.0 cm³/mol. The molecule has 44 valence electrons. The number of rotatable bonds is 2. The Kier molecular flexibility index (Phi) is 8.27. The molecule has 0 saturated carbocycles. The molecule has 0 spiro atoms. The van der Waals surface area contributed by atoms with Crippen molar-refractivity contribution >= 4 is 0 Å². The van der Waals surface area contributed by atoms with Crippen molar-refractivity contribution in [3.8, 4) is 0 Å². The molecule has 0 aromatic rings. The van der Waals surface area contributed by atoms with Crippen molar-refractivity contribution in [3.63, 3.8) is 0 Å². The molecular weight excluding hydrogens is 127 g/mol. The van der Waals surface area contributed by atoms with Gasteiger partial charge in [-0.25, -0.2) is 0 Å². The molecule has 8 heavy (non-hydrogen) atoms. The van der Waals surface area contributed by atoms with Crippen LogP contribution in [0.15, 0.2) is 0 Å². The minimum atomic E-state index is -0.667. The van der Waals surface area contributed by atoms with Gasteiger partial charge in [0.2, 0.25) is 0 Å². The second-order valence-corrected chi connectivity index (χ2v) is 2.16. The second kappa shape index (κ2) is 5.39.